The number of nitrogens with zero attached hydrogens (tertiary/aromatic N) is 4. The van der Waals surface area contributed by atoms with Crippen LogP contribution >= 0.6 is 15.9 Å². The molecule has 3 heterocycles. The van der Waals surface area contributed by atoms with Crippen molar-refractivity contribution in [3.8, 4) is 0 Å². The van der Waals surface area contributed by atoms with E-state index in [-0.39, 0.29) is 5.54 Å². The number of hydrogen-bond acceptors (Lipinski definition) is 4. The molecule has 6 heteroatoms. The quantitative estimate of drug-likeness (QED) is 0.760. The standard InChI is InChI=1S/C16H17BrN4O/c1-16(2,3)21-7-6-10-8-19-14(20-15(10)21)13(22)12-5-4-11(17)9-18-12/h4-9,13,22H,1-3H3. The molecule has 0 saturated carbocycles. The van der Waals surface area contributed by atoms with Crippen LogP contribution < -0.4 is 0 Å². The van der Waals surface area contributed by atoms with E-state index in [1.54, 1.807) is 18.5 Å². The van der Waals surface area contributed by atoms with Crippen LogP contribution in [-0.2, 0) is 5.54 Å². The largest absolute Gasteiger partial charge is 0.379 e. The highest BCUT2D eigenvalue weighted by atomic mass is 79.9. The smallest absolute Gasteiger partial charge is 0.165 e. The van der Waals surface area contributed by atoms with Crippen LogP contribution in [0.2, 0.25) is 0 Å². The zero-order valence-electron chi connectivity index (χ0n) is 12.7. The Balaban J connectivity index is 2.06. The van der Waals surface area contributed by atoms with Crippen molar-refractivity contribution in [3.63, 3.8) is 0 Å². The molecule has 0 spiro atoms. The Labute approximate surface area is 137 Å². The molecule has 1 unspecified atom stereocenters. The van der Waals surface area contributed by atoms with Gasteiger partial charge in [0, 0.05) is 34.0 Å². The van der Waals surface area contributed by atoms with Gasteiger partial charge in [-0.15, -0.1) is 0 Å². The van der Waals surface area contributed by atoms with Crippen molar-refractivity contribution in [2.45, 2.75) is 32.4 Å². The third kappa shape index (κ3) is 2.76. The molecule has 22 heavy (non-hydrogen) atoms. The van der Waals surface area contributed by atoms with Crippen LogP contribution in [0.1, 0.15) is 38.4 Å². The number of hydrogen-bond donors (Lipinski definition) is 1. The molecule has 114 valence electrons. The van der Waals surface area contributed by atoms with Gasteiger partial charge in [-0.1, -0.05) is 0 Å². The summed E-state index contributed by atoms with van der Waals surface area (Å²) in [4.78, 5) is 13.0. The van der Waals surface area contributed by atoms with Gasteiger partial charge in [-0.25, -0.2) is 9.97 Å². The first-order valence-electron chi connectivity index (χ1n) is 7.00. The molecule has 0 aliphatic carbocycles. The van der Waals surface area contributed by atoms with E-state index in [0.717, 1.165) is 15.5 Å². The van der Waals surface area contributed by atoms with Crippen molar-refractivity contribution in [1.29, 1.82) is 0 Å². The molecule has 0 amide bonds. The van der Waals surface area contributed by atoms with Crippen LogP contribution in [-0.4, -0.2) is 24.6 Å². The van der Waals surface area contributed by atoms with Crippen LogP contribution in [0.3, 0.4) is 0 Å². The zero-order valence-corrected chi connectivity index (χ0v) is 14.2. The lowest BCUT2D eigenvalue weighted by Crippen LogP contribution is -2.21. The molecule has 0 radical (unpaired) electrons. The van der Waals surface area contributed by atoms with E-state index in [0.29, 0.717) is 11.5 Å². The number of aromatic nitrogens is 4. The SMILES string of the molecule is CC(C)(C)n1ccc2cnc(C(O)c3ccc(Br)cn3)nc21. The highest BCUT2D eigenvalue weighted by molar-refractivity contribution is 9.10. The Morgan fingerprint density at radius 1 is 1.14 bits per heavy atom. The van der Waals surface area contributed by atoms with Crippen LogP contribution in [0.25, 0.3) is 11.0 Å². The third-order valence-electron chi connectivity index (χ3n) is 3.44. The van der Waals surface area contributed by atoms with Gasteiger partial charge in [-0.2, -0.15) is 0 Å². The predicted molar refractivity (Wildman–Crippen MR) is 88.5 cm³/mol. The number of aliphatic hydroxyl groups is 1. The highest BCUT2D eigenvalue weighted by Crippen LogP contribution is 2.24. The minimum atomic E-state index is -0.944. The number of rotatable bonds is 2. The van der Waals surface area contributed by atoms with Gasteiger partial charge in [0.05, 0.1) is 5.69 Å². The monoisotopic (exact) mass is 360 g/mol. The Morgan fingerprint density at radius 3 is 2.55 bits per heavy atom. The molecule has 0 aromatic carbocycles. The molecule has 0 aliphatic rings. The summed E-state index contributed by atoms with van der Waals surface area (Å²) in [5.41, 5.74) is 1.25. The highest BCUT2D eigenvalue weighted by Gasteiger charge is 2.20. The van der Waals surface area contributed by atoms with Crippen LogP contribution in [0, 0.1) is 0 Å². The van der Waals surface area contributed by atoms with E-state index in [1.165, 1.54) is 0 Å². The topological polar surface area (TPSA) is 63.8 Å². The van der Waals surface area contributed by atoms with Gasteiger partial charge in [0.1, 0.15) is 5.65 Å². The summed E-state index contributed by atoms with van der Waals surface area (Å²) in [5.74, 6) is 0.353. The molecule has 3 aromatic heterocycles. The van der Waals surface area contributed by atoms with Crippen LogP contribution in [0.5, 0.6) is 0 Å². The van der Waals surface area contributed by atoms with Crippen molar-refractivity contribution >= 4 is 27.0 Å². The van der Waals surface area contributed by atoms with Crippen LogP contribution in [0.15, 0.2) is 41.3 Å². The number of pyridine rings is 1. The van der Waals surface area contributed by atoms with Crippen molar-refractivity contribution in [2.75, 3.05) is 0 Å². The first kappa shape index (κ1) is 15.1. The average Bonchev–Trinajstić information content (AvgIpc) is 2.90. The van der Waals surface area contributed by atoms with E-state index < -0.39 is 6.10 Å². The van der Waals surface area contributed by atoms with Gasteiger partial charge < -0.3 is 9.67 Å². The minimum absolute atomic E-state index is 0.0891. The number of fused-ring (bicyclic) bond motifs is 1. The molecule has 0 bridgehead atoms. The lowest BCUT2D eigenvalue weighted by atomic mass is 10.1. The maximum atomic E-state index is 10.5. The number of halogens is 1. The molecule has 3 aromatic rings. The molecular formula is C16H17BrN4O. The molecule has 0 fully saturated rings. The molecule has 1 N–H and O–H groups in total. The third-order valence-corrected chi connectivity index (χ3v) is 3.91. The van der Waals surface area contributed by atoms with E-state index in [2.05, 4.69) is 56.2 Å². The van der Waals surface area contributed by atoms with Crippen molar-refractivity contribution < 1.29 is 5.11 Å². The zero-order chi connectivity index (χ0) is 15.9. The van der Waals surface area contributed by atoms with Gasteiger partial charge in [0.15, 0.2) is 11.9 Å². The summed E-state index contributed by atoms with van der Waals surface area (Å²) in [7, 11) is 0. The number of aliphatic hydroxyl groups excluding tert-OH is 1. The molecule has 3 rings (SSSR count). The maximum Gasteiger partial charge on any atom is 0.165 e. The molecule has 5 nitrogen and oxygen atoms in total. The van der Waals surface area contributed by atoms with E-state index in [9.17, 15) is 5.11 Å². The van der Waals surface area contributed by atoms with E-state index in [1.807, 2.05) is 18.3 Å². The summed E-state index contributed by atoms with van der Waals surface area (Å²) < 4.78 is 2.94. The van der Waals surface area contributed by atoms with Crippen molar-refractivity contribution in [1.82, 2.24) is 19.5 Å². The fraction of sp³-hybridized carbons (Fsp3) is 0.312. The Bertz CT molecular complexity index is 805. The van der Waals surface area contributed by atoms with E-state index >= 15 is 0 Å². The second-order valence-corrected chi connectivity index (χ2v) is 7.08. The average molecular weight is 361 g/mol. The molecule has 0 saturated heterocycles. The molecular weight excluding hydrogens is 344 g/mol. The van der Waals surface area contributed by atoms with Gasteiger partial charge in [0.25, 0.3) is 0 Å². The Kier molecular flexibility index (Phi) is 3.74. The summed E-state index contributed by atoms with van der Waals surface area (Å²) in [6.45, 7) is 6.34. The van der Waals surface area contributed by atoms with Crippen molar-refractivity contribution in [2.24, 2.45) is 0 Å². The second kappa shape index (κ2) is 5.44. The van der Waals surface area contributed by atoms with Crippen molar-refractivity contribution in [3.05, 3.63) is 52.8 Å². The first-order chi connectivity index (χ1) is 10.4. The summed E-state index contributed by atoms with van der Waals surface area (Å²) in [6.07, 6.45) is 4.44. The molecule has 1 atom stereocenters. The predicted octanol–water partition coefficient (Wildman–Crippen LogP) is 3.43. The Hall–Kier alpha value is -1.79. The normalized spacial score (nSPS) is 13.5. The Morgan fingerprint density at radius 2 is 1.91 bits per heavy atom. The minimum Gasteiger partial charge on any atom is -0.379 e. The fourth-order valence-corrected chi connectivity index (χ4v) is 2.52. The van der Waals surface area contributed by atoms with Gasteiger partial charge in [-0.05, 0) is 54.9 Å². The maximum absolute atomic E-state index is 10.5. The second-order valence-electron chi connectivity index (χ2n) is 6.17. The lowest BCUT2D eigenvalue weighted by molar-refractivity contribution is 0.205. The van der Waals surface area contributed by atoms with Gasteiger partial charge in [0.2, 0.25) is 0 Å². The van der Waals surface area contributed by atoms with Crippen LogP contribution in [0.4, 0.5) is 0 Å². The first-order valence-corrected chi connectivity index (χ1v) is 7.79. The molecule has 0 aliphatic heterocycles. The summed E-state index contributed by atoms with van der Waals surface area (Å²) in [5, 5.41) is 11.4. The summed E-state index contributed by atoms with van der Waals surface area (Å²) >= 11 is 3.33. The summed E-state index contributed by atoms with van der Waals surface area (Å²) in [6, 6.07) is 5.57. The van der Waals surface area contributed by atoms with E-state index in [4.69, 9.17) is 0 Å². The lowest BCUT2D eigenvalue weighted by Gasteiger charge is -2.22. The van der Waals surface area contributed by atoms with Gasteiger partial charge in [-0.3, -0.25) is 4.98 Å². The van der Waals surface area contributed by atoms with Gasteiger partial charge >= 0.3 is 0 Å². The fourth-order valence-electron chi connectivity index (χ4n) is 2.29.